The number of carbonyl (C=O) groups is 1. The van der Waals surface area contributed by atoms with Crippen LogP contribution in [0.2, 0.25) is 0 Å². The first-order valence-electron chi connectivity index (χ1n) is 4.22. The van der Waals surface area contributed by atoms with Crippen LogP contribution in [0.25, 0.3) is 11.5 Å². The number of rotatable bonds is 3. The van der Waals surface area contributed by atoms with Gasteiger partial charge in [0.25, 0.3) is 0 Å². The molecular weight excluding hydrogens is 200 g/mol. The van der Waals surface area contributed by atoms with Gasteiger partial charge in [0.15, 0.2) is 0 Å². The molecule has 0 aliphatic heterocycles. The molecule has 7 heteroatoms. The Kier molecular flexibility index (Phi) is 2.20. The standard InChI is InChI=1S/C8H8N4O3/c1-4-2-5(11-10-4)8-9-6(15-12-8)3-7(13)14/h2H,3H2,1H3,(H,10,11)(H,13,14). The first kappa shape index (κ1) is 9.38. The van der Waals surface area contributed by atoms with Crippen molar-refractivity contribution in [2.75, 3.05) is 0 Å². The number of nitrogens with one attached hydrogen (secondary N) is 1. The van der Waals surface area contributed by atoms with E-state index in [1.807, 2.05) is 6.92 Å². The Balaban J connectivity index is 2.23. The van der Waals surface area contributed by atoms with Crippen LogP contribution in [0.5, 0.6) is 0 Å². The van der Waals surface area contributed by atoms with E-state index >= 15 is 0 Å². The van der Waals surface area contributed by atoms with Gasteiger partial charge in [-0.05, 0) is 13.0 Å². The smallest absolute Gasteiger partial charge is 0.312 e. The average Bonchev–Trinajstić information content (AvgIpc) is 2.72. The molecule has 0 saturated heterocycles. The number of aryl methyl sites for hydroxylation is 1. The molecule has 2 aromatic heterocycles. The van der Waals surface area contributed by atoms with Gasteiger partial charge < -0.3 is 9.63 Å². The Morgan fingerprint density at radius 1 is 1.67 bits per heavy atom. The number of aliphatic carboxylic acids is 1. The van der Waals surface area contributed by atoms with Crippen LogP contribution in [-0.4, -0.2) is 31.4 Å². The van der Waals surface area contributed by atoms with Crippen molar-refractivity contribution in [3.63, 3.8) is 0 Å². The molecule has 15 heavy (non-hydrogen) atoms. The lowest BCUT2D eigenvalue weighted by molar-refractivity contribution is -0.136. The zero-order chi connectivity index (χ0) is 10.8. The van der Waals surface area contributed by atoms with E-state index in [9.17, 15) is 4.79 Å². The highest BCUT2D eigenvalue weighted by atomic mass is 16.5. The van der Waals surface area contributed by atoms with Crippen molar-refractivity contribution >= 4 is 5.97 Å². The van der Waals surface area contributed by atoms with Gasteiger partial charge in [0.2, 0.25) is 11.7 Å². The van der Waals surface area contributed by atoms with E-state index in [1.165, 1.54) is 0 Å². The van der Waals surface area contributed by atoms with Crippen LogP contribution in [0.4, 0.5) is 0 Å². The van der Waals surface area contributed by atoms with Crippen molar-refractivity contribution in [2.24, 2.45) is 0 Å². The van der Waals surface area contributed by atoms with Gasteiger partial charge in [-0.3, -0.25) is 9.89 Å². The number of carboxylic acid groups (broad SMARTS) is 1. The molecule has 0 bridgehead atoms. The van der Waals surface area contributed by atoms with Gasteiger partial charge in [-0.1, -0.05) is 5.16 Å². The van der Waals surface area contributed by atoms with Crippen LogP contribution in [0.3, 0.4) is 0 Å². The van der Waals surface area contributed by atoms with E-state index in [-0.39, 0.29) is 18.1 Å². The summed E-state index contributed by atoms with van der Waals surface area (Å²) in [6.07, 6.45) is -0.281. The number of aromatic amines is 1. The van der Waals surface area contributed by atoms with Gasteiger partial charge in [0.1, 0.15) is 12.1 Å². The van der Waals surface area contributed by atoms with Crippen LogP contribution < -0.4 is 0 Å². The fourth-order valence-electron chi connectivity index (χ4n) is 1.09. The summed E-state index contributed by atoms with van der Waals surface area (Å²) in [5, 5.41) is 18.8. The summed E-state index contributed by atoms with van der Waals surface area (Å²) in [5.74, 6) is -0.655. The number of aromatic nitrogens is 4. The molecule has 0 aromatic carbocycles. The Bertz CT molecular complexity index is 488. The van der Waals surface area contributed by atoms with Crippen LogP contribution >= 0.6 is 0 Å². The Hall–Kier alpha value is -2.18. The highest BCUT2D eigenvalue weighted by Gasteiger charge is 2.13. The molecule has 0 aliphatic rings. The van der Waals surface area contributed by atoms with Crippen molar-refractivity contribution < 1.29 is 14.4 Å². The summed E-state index contributed by atoms with van der Waals surface area (Å²) in [6, 6.07) is 1.75. The second-order valence-electron chi connectivity index (χ2n) is 3.02. The molecule has 2 N–H and O–H groups in total. The van der Waals surface area contributed by atoms with Gasteiger partial charge in [-0.15, -0.1) is 0 Å². The summed E-state index contributed by atoms with van der Waals surface area (Å²) in [5.41, 5.74) is 1.41. The maximum absolute atomic E-state index is 10.4. The van der Waals surface area contributed by atoms with Crippen LogP contribution in [0, 0.1) is 6.92 Å². The van der Waals surface area contributed by atoms with E-state index in [1.54, 1.807) is 6.07 Å². The minimum absolute atomic E-state index is 0.0677. The van der Waals surface area contributed by atoms with E-state index < -0.39 is 5.97 Å². The van der Waals surface area contributed by atoms with Crippen molar-refractivity contribution in [3.05, 3.63) is 17.7 Å². The van der Waals surface area contributed by atoms with Crippen molar-refractivity contribution in [1.29, 1.82) is 0 Å². The minimum atomic E-state index is -1.01. The first-order chi connectivity index (χ1) is 7.15. The topological polar surface area (TPSA) is 105 Å². The minimum Gasteiger partial charge on any atom is -0.481 e. The van der Waals surface area contributed by atoms with Crippen molar-refractivity contribution in [2.45, 2.75) is 13.3 Å². The number of hydrogen-bond donors (Lipinski definition) is 2. The molecule has 0 aliphatic carbocycles. The maximum atomic E-state index is 10.4. The predicted octanol–water partition coefficient (Wildman–Crippen LogP) is 0.395. The zero-order valence-electron chi connectivity index (χ0n) is 7.89. The van der Waals surface area contributed by atoms with E-state index in [4.69, 9.17) is 9.63 Å². The molecule has 0 radical (unpaired) electrons. The highest BCUT2D eigenvalue weighted by molar-refractivity contribution is 5.68. The van der Waals surface area contributed by atoms with Gasteiger partial charge in [0, 0.05) is 5.69 Å². The lowest BCUT2D eigenvalue weighted by Gasteiger charge is -1.83. The molecule has 0 saturated carbocycles. The van der Waals surface area contributed by atoms with Crippen LogP contribution in [-0.2, 0) is 11.2 Å². The molecule has 7 nitrogen and oxygen atoms in total. The Morgan fingerprint density at radius 2 is 2.47 bits per heavy atom. The molecule has 2 rings (SSSR count). The zero-order valence-corrected chi connectivity index (χ0v) is 7.89. The first-order valence-corrected chi connectivity index (χ1v) is 4.22. The monoisotopic (exact) mass is 208 g/mol. The van der Waals surface area contributed by atoms with Gasteiger partial charge in [0.05, 0.1) is 0 Å². The molecular formula is C8H8N4O3. The number of nitrogens with zero attached hydrogens (tertiary/aromatic N) is 3. The third-order valence-electron chi connectivity index (χ3n) is 1.71. The molecule has 0 atom stereocenters. The van der Waals surface area contributed by atoms with E-state index in [0.717, 1.165) is 5.69 Å². The fourth-order valence-corrected chi connectivity index (χ4v) is 1.09. The third-order valence-corrected chi connectivity index (χ3v) is 1.71. The normalized spacial score (nSPS) is 10.5. The third kappa shape index (κ3) is 2.01. The quantitative estimate of drug-likeness (QED) is 0.756. The molecule has 0 fully saturated rings. The van der Waals surface area contributed by atoms with Crippen molar-refractivity contribution in [1.82, 2.24) is 20.3 Å². The Morgan fingerprint density at radius 3 is 3.07 bits per heavy atom. The molecule has 78 valence electrons. The van der Waals surface area contributed by atoms with Crippen LogP contribution in [0.15, 0.2) is 10.6 Å². The second-order valence-corrected chi connectivity index (χ2v) is 3.02. The molecule has 0 amide bonds. The summed E-state index contributed by atoms with van der Waals surface area (Å²) in [7, 11) is 0. The largest absolute Gasteiger partial charge is 0.481 e. The summed E-state index contributed by atoms with van der Waals surface area (Å²) >= 11 is 0. The van der Waals surface area contributed by atoms with Gasteiger partial charge in [-0.2, -0.15) is 10.1 Å². The predicted molar refractivity (Wildman–Crippen MR) is 48.0 cm³/mol. The molecule has 0 spiro atoms. The highest BCUT2D eigenvalue weighted by Crippen LogP contribution is 2.13. The number of H-pyrrole nitrogens is 1. The van der Waals surface area contributed by atoms with Gasteiger partial charge in [-0.25, -0.2) is 0 Å². The van der Waals surface area contributed by atoms with E-state index in [2.05, 4.69) is 20.3 Å². The molecule has 0 unspecified atom stereocenters. The molecule has 2 heterocycles. The fraction of sp³-hybridized carbons (Fsp3) is 0.250. The lowest BCUT2D eigenvalue weighted by Crippen LogP contribution is -1.99. The Labute approximate surface area is 84.1 Å². The van der Waals surface area contributed by atoms with Gasteiger partial charge >= 0.3 is 5.97 Å². The average molecular weight is 208 g/mol. The summed E-state index contributed by atoms with van der Waals surface area (Å²) in [6.45, 7) is 1.84. The van der Waals surface area contributed by atoms with E-state index in [0.29, 0.717) is 5.69 Å². The van der Waals surface area contributed by atoms with Crippen molar-refractivity contribution in [3.8, 4) is 11.5 Å². The molecule has 2 aromatic rings. The second kappa shape index (κ2) is 3.52. The SMILES string of the molecule is Cc1cc(-c2noc(CC(=O)O)n2)n[nH]1. The summed E-state index contributed by atoms with van der Waals surface area (Å²) in [4.78, 5) is 14.3. The number of carboxylic acids is 1. The van der Waals surface area contributed by atoms with Crippen LogP contribution in [0.1, 0.15) is 11.6 Å². The number of hydrogen-bond acceptors (Lipinski definition) is 5. The lowest BCUT2D eigenvalue weighted by atomic mass is 10.3. The maximum Gasteiger partial charge on any atom is 0.312 e. The summed E-state index contributed by atoms with van der Waals surface area (Å²) < 4.78 is 4.74.